The van der Waals surface area contributed by atoms with Crippen molar-refractivity contribution in [1.29, 1.82) is 0 Å². The lowest BCUT2D eigenvalue weighted by atomic mass is 10.6. The van der Waals surface area contributed by atoms with Crippen molar-refractivity contribution in [3.63, 3.8) is 0 Å². The maximum Gasteiger partial charge on any atom is 0.252 e. The summed E-state index contributed by atoms with van der Waals surface area (Å²) >= 11 is 0. The largest absolute Gasteiger partial charge is 0.409 e. The van der Waals surface area contributed by atoms with E-state index in [0.29, 0.717) is 6.67 Å². The Labute approximate surface area is 58.4 Å². The predicted octanol–water partition coefficient (Wildman–Crippen LogP) is -0.231. The molecule has 0 aliphatic rings. The predicted molar refractivity (Wildman–Crippen MR) is 41.4 cm³/mol. The first kappa shape index (κ1) is 9.10. The van der Waals surface area contributed by atoms with Crippen LogP contribution in [0.5, 0.6) is 0 Å². The Kier molecular flexibility index (Phi) is 6.29. The van der Waals surface area contributed by atoms with Gasteiger partial charge in [0.25, 0.3) is 9.20 Å². The molecule has 0 aliphatic carbocycles. The normalized spacial score (nSPS) is 13.7. The Morgan fingerprint density at radius 3 is 2.67 bits per heavy atom. The molecule has 56 valence electrons. The van der Waals surface area contributed by atoms with Crippen molar-refractivity contribution in [3.05, 3.63) is 0 Å². The smallest absolute Gasteiger partial charge is 0.252 e. The molecule has 0 bridgehead atoms. The van der Waals surface area contributed by atoms with Gasteiger partial charge in [0.2, 0.25) is 0 Å². The average Bonchev–Trinajstić information content (AvgIpc) is 1.88. The molecule has 0 spiro atoms. The van der Waals surface area contributed by atoms with Crippen LogP contribution in [0.25, 0.3) is 0 Å². The molecular weight excluding hydrogens is 132 g/mol. The zero-order valence-electron chi connectivity index (χ0n) is 6.18. The van der Waals surface area contributed by atoms with E-state index in [1.54, 1.807) is 7.11 Å². The lowest BCUT2D eigenvalue weighted by molar-refractivity contribution is 0.405. The summed E-state index contributed by atoms with van der Waals surface area (Å²) in [6, 6.07) is 1.16. The molecular formula is C5H16N2OSi. The molecule has 3 nitrogen and oxygen atoms in total. The van der Waals surface area contributed by atoms with Crippen molar-refractivity contribution in [1.82, 2.24) is 4.98 Å². The first-order valence-electron chi connectivity index (χ1n) is 3.31. The number of hydrogen-bond donors (Lipinski definition) is 2. The number of hydrogen-bond acceptors (Lipinski definition) is 3. The van der Waals surface area contributed by atoms with E-state index in [1.807, 2.05) is 0 Å². The zero-order chi connectivity index (χ0) is 7.11. The van der Waals surface area contributed by atoms with Crippen LogP contribution in [0.1, 0.15) is 13.3 Å². The van der Waals surface area contributed by atoms with Crippen molar-refractivity contribution in [2.75, 3.05) is 13.8 Å². The number of nitrogens with two attached hydrogens (primary N) is 1. The quantitative estimate of drug-likeness (QED) is 0.418. The molecule has 0 aromatic rings. The van der Waals surface area contributed by atoms with Crippen LogP contribution < -0.4 is 10.7 Å². The van der Waals surface area contributed by atoms with Gasteiger partial charge in [0.15, 0.2) is 0 Å². The van der Waals surface area contributed by atoms with Crippen LogP contribution >= 0.6 is 0 Å². The van der Waals surface area contributed by atoms with Gasteiger partial charge < -0.3 is 15.1 Å². The summed E-state index contributed by atoms with van der Waals surface area (Å²) in [5.74, 6) is 0. The molecule has 0 aromatic carbocycles. The monoisotopic (exact) mass is 148 g/mol. The third-order valence-corrected chi connectivity index (χ3v) is 3.54. The number of rotatable bonds is 5. The molecule has 1 atom stereocenters. The van der Waals surface area contributed by atoms with E-state index in [0.717, 1.165) is 6.04 Å². The molecule has 0 aromatic heterocycles. The van der Waals surface area contributed by atoms with Crippen molar-refractivity contribution < 1.29 is 4.43 Å². The van der Waals surface area contributed by atoms with E-state index in [-0.39, 0.29) is 0 Å². The van der Waals surface area contributed by atoms with E-state index < -0.39 is 9.20 Å². The third kappa shape index (κ3) is 4.59. The molecule has 9 heavy (non-hydrogen) atoms. The second-order valence-corrected chi connectivity index (χ2v) is 4.36. The van der Waals surface area contributed by atoms with Gasteiger partial charge in [-0.3, -0.25) is 0 Å². The van der Waals surface area contributed by atoms with Gasteiger partial charge in [0.1, 0.15) is 0 Å². The molecule has 3 N–H and O–H groups in total. The highest BCUT2D eigenvalue weighted by molar-refractivity contribution is 6.48. The molecule has 0 fully saturated rings. The minimum atomic E-state index is -1.09. The molecule has 0 saturated heterocycles. The molecule has 0 amide bonds. The Hall–Kier alpha value is 0.0969. The van der Waals surface area contributed by atoms with Gasteiger partial charge >= 0.3 is 0 Å². The van der Waals surface area contributed by atoms with Gasteiger partial charge in [-0.05, 0) is 6.04 Å². The molecule has 0 rings (SSSR count). The summed E-state index contributed by atoms with van der Waals surface area (Å²) in [6.45, 7) is 2.70. The van der Waals surface area contributed by atoms with Crippen LogP contribution in [-0.4, -0.2) is 23.0 Å². The summed E-state index contributed by atoms with van der Waals surface area (Å²) in [5.41, 5.74) is 5.28. The van der Waals surface area contributed by atoms with E-state index >= 15 is 0 Å². The second-order valence-electron chi connectivity index (χ2n) is 1.92. The van der Waals surface area contributed by atoms with Crippen molar-refractivity contribution in [2.45, 2.75) is 19.4 Å². The summed E-state index contributed by atoms with van der Waals surface area (Å²) in [5, 5.41) is 0. The lowest BCUT2D eigenvalue weighted by Crippen LogP contribution is -2.39. The Morgan fingerprint density at radius 2 is 2.33 bits per heavy atom. The summed E-state index contributed by atoms with van der Waals surface area (Å²) in [4.78, 5) is 3.13. The summed E-state index contributed by atoms with van der Waals surface area (Å²) in [7, 11) is 0.657. The molecule has 4 heteroatoms. The van der Waals surface area contributed by atoms with Gasteiger partial charge in [-0.2, -0.15) is 0 Å². The van der Waals surface area contributed by atoms with Crippen molar-refractivity contribution >= 4 is 9.20 Å². The summed E-state index contributed by atoms with van der Waals surface area (Å²) in [6.07, 6.45) is 1.18. The average molecular weight is 148 g/mol. The first-order chi connectivity index (χ1) is 4.35. The van der Waals surface area contributed by atoms with Crippen LogP contribution in [0, 0.1) is 0 Å². The van der Waals surface area contributed by atoms with Crippen LogP contribution in [0.4, 0.5) is 0 Å². The Bertz CT molecular complexity index is 56.9. The van der Waals surface area contributed by atoms with E-state index in [4.69, 9.17) is 10.2 Å². The minimum absolute atomic E-state index is 0.546. The van der Waals surface area contributed by atoms with E-state index in [9.17, 15) is 0 Å². The van der Waals surface area contributed by atoms with Gasteiger partial charge in [0, 0.05) is 13.8 Å². The van der Waals surface area contributed by atoms with Gasteiger partial charge in [-0.25, -0.2) is 0 Å². The Balaban J connectivity index is 3.18. The highest BCUT2D eigenvalue weighted by Crippen LogP contribution is 1.92. The second kappa shape index (κ2) is 6.22. The topological polar surface area (TPSA) is 47.3 Å². The fraction of sp³-hybridized carbons (Fsp3) is 1.00. The number of nitrogens with one attached hydrogen (secondary N) is 1. The van der Waals surface area contributed by atoms with Crippen LogP contribution in [0.2, 0.25) is 6.04 Å². The van der Waals surface area contributed by atoms with Crippen LogP contribution in [-0.2, 0) is 4.43 Å². The third-order valence-electron chi connectivity index (χ3n) is 1.18. The molecule has 0 aliphatic heterocycles. The van der Waals surface area contributed by atoms with Gasteiger partial charge in [-0.15, -0.1) is 0 Å². The standard InChI is InChI=1S/C5H16N2OSi/c1-3-4-9(8-2)7-5-6/h7,9H,3-6H2,1-2H3. The summed E-state index contributed by atoms with van der Waals surface area (Å²) < 4.78 is 5.18. The molecule has 0 heterocycles. The molecule has 1 unspecified atom stereocenters. The minimum Gasteiger partial charge on any atom is -0.409 e. The first-order valence-corrected chi connectivity index (χ1v) is 5.18. The highest BCUT2D eigenvalue weighted by Gasteiger charge is 2.04. The van der Waals surface area contributed by atoms with Crippen LogP contribution in [0.3, 0.4) is 0 Å². The van der Waals surface area contributed by atoms with Crippen molar-refractivity contribution in [3.8, 4) is 0 Å². The fourth-order valence-corrected chi connectivity index (χ4v) is 2.09. The van der Waals surface area contributed by atoms with Crippen molar-refractivity contribution in [2.24, 2.45) is 5.73 Å². The van der Waals surface area contributed by atoms with E-state index in [2.05, 4.69) is 11.9 Å². The van der Waals surface area contributed by atoms with Crippen LogP contribution in [0.15, 0.2) is 0 Å². The fourth-order valence-electron chi connectivity index (χ4n) is 0.697. The maximum atomic E-state index is 5.28. The Morgan fingerprint density at radius 1 is 1.67 bits per heavy atom. The lowest BCUT2D eigenvalue weighted by Gasteiger charge is -2.11. The molecule has 0 radical (unpaired) electrons. The van der Waals surface area contributed by atoms with Gasteiger partial charge in [-0.1, -0.05) is 13.3 Å². The van der Waals surface area contributed by atoms with E-state index in [1.165, 1.54) is 6.42 Å². The SMILES string of the molecule is CCC[SiH](NCN)OC. The molecule has 0 saturated carbocycles. The van der Waals surface area contributed by atoms with Gasteiger partial charge in [0.05, 0.1) is 0 Å². The maximum absolute atomic E-state index is 5.28. The highest BCUT2D eigenvalue weighted by atomic mass is 28.3. The zero-order valence-corrected chi connectivity index (χ0v) is 7.34.